The van der Waals surface area contributed by atoms with Crippen LogP contribution in [0.25, 0.3) is 0 Å². The van der Waals surface area contributed by atoms with E-state index in [9.17, 15) is 4.79 Å². The fraction of sp³-hybridized carbons (Fsp3) is 0.562. The van der Waals surface area contributed by atoms with Crippen LogP contribution in [0.15, 0.2) is 12.1 Å². The average Bonchev–Trinajstić information content (AvgIpc) is 2.79. The quantitative estimate of drug-likeness (QED) is 0.808. The zero-order chi connectivity index (χ0) is 14.5. The molecule has 4 heteroatoms. The summed E-state index contributed by atoms with van der Waals surface area (Å²) in [4.78, 5) is 11.5. The Morgan fingerprint density at radius 1 is 1.30 bits per heavy atom. The molecule has 1 aromatic rings. The predicted octanol–water partition coefficient (Wildman–Crippen LogP) is 2.01. The molecule has 1 unspecified atom stereocenters. The van der Waals surface area contributed by atoms with Gasteiger partial charge in [0, 0.05) is 12.5 Å². The van der Waals surface area contributed by atoms with Crippen molar-refractivity contribution in [2.24, 2.45) is 5.73 Å². The molecule has 0 amide bonds. The number of hydrogen-bond acceptors (Lipinski definition) is 4. The molecule has 4 nitrogen and oxygen atoms in total. The molecule has 1 aliphatic rings. The van der Waals surface area contributed by atoms with E-state index >= 15 is 0 Å². The first-order valence-corrected chi connectivity index (χ1v) is 7.33. The van der Waals surface area contributed by atoms with E-state index in [1.165, 1.54) is 11.1 Å². The standard InChI is InChI=1S/C16H23NO3/c1-3-19-15(18)8-7-11-5-6-12-9-13(17)10-14(12)16(11)20-4-2/h5-6,13H,3-4,7-10,17H2,1-2H3. The molecule has 2 rings (SSSR count). The summed E-state index contributed by atoms with van der Waals surface area (Å²) in [6.45, 7) is 4.85. The van der Waals surface area contributed by atoms with Crippen molar-refractivity contribution < 1.29 is 14.3 Å². The van der Waals surface area contributed by atoms with E-state index in [0.29, 0.717) is 26.1 Å². The Balaban J connectivity index is 2.16. The van der Waals surface area contributed by atoms with Crippen LogP contribution in [0.2, 0.25) is 0 Å². The van der Waals surface area contributed by atoms with Crippen molar-refractivity contribution in [2.45, 2.75) is 45.6 Å². The van der Waals surface area contributed by atoms with Crippen molar-refractivity contribution in [1.82, 2.24) is 0 Å². The molecule has 0 aliphatic heterocycles. The molecular formula is C16H23NO3. The van der Waals surface area contributed by atoms with Crippen LogP contribution in [-0.2, 0) is 28.8 Å². The topological polar surface area (TPSA) is 61.5 Å². The summed E-state index contributed by atoms with van der Waals surface area (Å²) in [6.07, 6.45) is 2.81. The lowest BCUT2D eigenvalue weighted by atomic mass is 10.0. The highest BCUT2D eigenvalue weighted by Gasteiger charge is 2.24. The van der Waals surface area contributed by atoms with Crippen LogP contribution in [0.3, 0.4) is 0 Å². The third-order valence-electron chi connectivity index (χ3n) is 3.58. The number of carbonyl (C=O) groups excluding carboxylic acids is 1. The van der Waals surface area contributed by atoms with Gasteiger partial charge in [0.2, 0.25) is 0 Å². The first-order chi connectivity index (χ1) is 9.65. The average molecular weight is 277 g/mol. The molecule has 0 spiro atoms. The molecule has 1 aromatic carbocycles. The number of aryl methyl sites for hydroxylation is 1. The van der Waals surface area contributed by atoms with Gasteiger partial charge in [0.25, 0.3) is 0 Å². The molecule has 0 fully saturated rings. The van der Waals surface area contributed by atoms with Gasteiger partial charge in [0.15, 0.2) is 0 Å². The third kappa shape index (κ3) is 3.31. The molecule has 0 aromatic heterocycles. The highest BCUT2D eigenvalue weighted by Crippen LogP contribution is 2.34. The van der Waals surface area contributed by atoms with E-state index in [-0.39, 0.29) is 12.0 Å². The van der Waals surface area contributed by atoms with Crippen LogP contribution < -0.4 is 10.5 Å². The lowest BCUT2D eigenvalue weighted by Crippen LogP contribution is -2.19. The smallest absolute Gasteiger partial charge is 0.306 e. The molecule has 0 radical (unpaired) electrons. The van der Waals surface area contributed by atoms with E-state index in [1.54, 1.807) is 0 Å². The van der Waals surface area contributed by atoms with Gasteiger partial charge in [-0.1, -0.05) is 12.1 Å². The minimum atomic E-state index is -0.160. The molecule has 0 heterocycles. The number of carbonyl (C=O) groups is 1. The first-order valence-electron chi connectivity index (χ1n) is 7.33. The first kappa shape index (κ1) is 14.9. The maximum absolute atomic E-state index is 11.5. The van der Waals surface area contributed by atoms with Gasteiger partial charge >= 0.3 is 5.97 Å². The SMILES string of the molecule is CCOC(=O)CCc1ccc2c(c1OCC)CC(N)C2. The summed E-state index contributed by atoms with van der Waals surface area (Å²) in [5, 5.41) is 0. The van der Waals surface area contributed by atoms with Gasteiger partial charge in [-0.2, -0.15) is 0 Å². The van der Waals surface area contributed by atoms with Gasteiger partial charge in [-0.05, 0) is 49.8 Å². The fourth-order valence-corrected chi connectivity index (χ4v) is 2.74. The summed E-state index contributed by atoms with van der Waals surface area (Å²) in [5.74, 6) is 0.773. The van der Waals surface area contributed by atoms with Crippen molar-refractivity contribution >= 4 is 5.97 Å². The van der Waals surface area contributed by atoms with Crippen molar-refractivity contribution in [3.05, 3.63) is 28.8 Å². The number of benzene rings is 1. The summed E-state index contributed by atoms with van der Waals surface area (Å²) >= 11 is 0. The lowest BCUT2D eigenvalue weighted by molar-refractivity contribution is -0.143. The summed E-state index contributed by atoms with van der Waals surface area (Å²) in [5.41, 5.74) is 9.61. The molecule has 1 atom stereocenters. The lowest BCUT2D eigenvalue weighted by Gasteiger charge is -2.14. The number of fused-ring (bicyclic) bond motifs is 1. The number of rotatable bonds is 6. The number of esters is 1. The van der Waals surface area contributed by atoms with Gasteiger partial charge in [-0.15, -0.1) is 0 Å². The fourth-order valence-electron chi connectivity index (χ4n) is 2.74. The maximum atomic E-state index is 11.5. The van der Waals surface area contributed by atoms with Gasteiger partial charge in [-0.3, -0.25) is 4.79 Å². The molecule has 1 aliphatic carbocycles. The Labute approximate surface area is 120 Å². The van der Waals surface area contributed by atoms with Crippen LogP contribution in [0.1, 0.15) is 37.0 Å². The minimum Gasteiger partial charge on any atom is -0.493 e. The third-order valence-corrected chi connectivity index (χ3v) is 3.58. The molecule has 0 saturated heterocycles. The van der Waals surface area contributed by atoms with Gasteiger partial charge in [-0.25, -0.2) is 0 Å². The molecule has 0 saturated carbocycles. The monoisotopic (exact) mass is 277 g/mol. The largest absolute Gasteiger partial charge is 0.493 e. The number of ether oxygens (including phenoxy) is 2. The molecule has 20 heavy (non-hydrogen) atoms. The Kier molecular flexibility index (Phi) is 5.01. The van der Waals surface area contributed by atoms with Crippen LogP contribution in [0.4, 0.5) is 0 Å². The number of nitrogens with two attached hydrogens (primary N) is 1. The van der Waals surface area contributed by atoms with E-state index in [4.69, 9.17) is 15.2 Å². The second-order valence-corrected chi connectivity index (χ2v) is 5.10. The second-order valence-electron chi connectivity index (χ2n) is 5.10. The summed E-state index contributed by atoms with van der Waals surface area (Å²) in [6, 6.07) is 4.36. The Hall–Kier alpha value is -1.55. The van der Waals surface area contributed by atoms with Gasteiger partial charge < -0.3 is 15.2 Å². The highest BCUT2D eigenvalue weighted by atomic mass is 16.5. The van der Waals surface area contributed by atoms with E-state index in [1.807, 2.05) is 13.8 Å². The van der Waals surface area contributed by atoms with Crippen molar-refractivity contribution in [1.29, 1.82) is 0 Å². The molecule has 0 bridgehead atoms. The van der Waals surface area contributed by atoms with Crippen LogP contribution in [0.5, 0.6) is 5.75 Å². The molecule has 2 N–H and O–H groups in total. The predicted molar refractivity (Wildman–Crippen MR) is 77.9 cm³/mol. The van der Waals surface area contributed by atoms with Crippen LogP contribution >= 0.6 is 0 Å². The highest BCUT2D eigenvalue weighted by molar-refractivity contribution is 5.70. The zero-order valence-electron chi connectivity index (χ0n) is 12.3. The summed E-state index contributed by atoms with van der Waals surface area (Å²) in [7, 11) is 0. The Morgan fingerprint density at radius 3 is 2.80 bits per heavy atom. The van der Waals surface area contributed by atoms with Crippen molar-refractivity contribution in [3.8, 4) is 5.75 Å². The molecule has 110 valence electrons. The van der Waals surface area contributed by atoms with Gasteiger partial charge in [0.1, 0.15) is 5.75 Å². The van der Waals surface area contributed by atoms with Gasteiger partial charge in [0.05, 0.1) is 13.2 Å². The molecular weight excluding hydrogens is 254 g/mol. The van der Waals surface area contributed by atoms with Crippen LogP contribution in [-0.4, -0.2) is 25.2 Å². The van der Waals surface area contributed by atoms with Crippen molar-refractivity contribution in [2.75, 3.05) is 13.2 Å². The second kappa shape index (κ2) is 6.75. The van der Waals surface area contributed by atoms with E-state index in [2.05, 4.69) is 12.1 Å². The van der Waals surface area contributed by atoms with E-state index < -0.39 is 0 Å². The van der Waals surface area contributed by atoms with Crippen molar-refractivity contribution in [3.63, 3.8) is 0 Å². The van der Waals surface area contributed by atoms with E-state index in [0.717, 1.165) is 24.2 Å². The number of hydrogen-bond donors (Lipinski definition) is 1. The minimum absolute atomic E-state index is 0.160. The summed E-state index contributed by atoms with van der Waals surface area (Å²) < 4.78 is 10.8. The van der Waals surface area contributed by atoms with Crippen LogP contribution in [0, 0.1) is 0 Å². The normalized spacial score (nSPS) is 16.9. The maximum Gasteiger partial charge on any atom is 0.306 e. The Bertz CT molecular complexity index is 485. The zero-order valence-corrected chi connectivity index (χ0v) is 12.3. The Morgan fingerprint density at radius 2 is 2.10 bits per heavy atom.